The van der Waals surface area contributed by atoms with Crippen LogP contribution in [-0.2, 0) is 17.6 Å². The Morgan fingerprint density at radius 2 is 1.86 bits per heavy atom. The van der Waals surface area contributed by atoms with E-state index >= 15 is 0 Å². The lowest BCUT2D eigenvalue weighted by Gasteiger charge is -2.29. The van der Waals surface area contributed by atoms with E-state index in [1.165, 1.54) is 6.07 Å². The van der Waals surface area contributed by atoms with Crippen molar-refractivity contribution in [2.45, 2.75) is 40.0 Å². The number of halogens is 1. The van der Waals surface area contributed by atoms with E-state index in [4.69, 9.17) is 0 Å². The Labute approximate surface area is 166 Å². The summed E-state index contributed by atoms with van der Waals surface area (Å²) in [6.45, 7) is 9.94. The van der Waals surface area contributed by atoms with Crippen molar-refractivity contribution in [1.82, 2.24) is 4.98 Å². The van der Waals surface area contributed by atoms with Gasteiger partial charge in [0.15, 0.2) is 0 Å². The minimum atomic E-state index is -0.545. The second-order valence-electron chi connectivity index (χ2n) is 8.00. The standard InChI is InChI=1S/C25H26FNO/c1-17(2)14-25(4,15-19-9-6-5-7-10-19)23(28)13-20-16-27-24-21(18(20)3)11-8-12-22(24)26/h5-12,16H,1,13-15H2,2-4H3. The molecule has 0 aliphatic carbocycles. The minimum absolute atomic E-state index is 0.153. The number of Topliss-reactive ketones (excluding diaryl/α,β-unsaturated/α-hetero) is 1. The van der Waals surface area contributed by atoms with Gasteiger partial charge in [-0.05, 0) is 49.4 Å². The van der Waals surface area contributed by atoms with Crippen LogP contribution in [0.5, 0.6) is 0 Å². The van der Waals surface area contributed by atoms with Gasteiger partial charge in [-0.2, -0.15) is 0 Å². The molecule has 1 unspecified atom stereocenters. The van der Waals surface area contributed by atoms with Crippen LogP contribution in [-0.4, -0.2) is 10.8 Å². The number of aryl methyl sites for hydroxylation is 1. The zero-order valence-corrected chi connectivity index (χ0v) is 16.8. The molecule has 0 aliphatic heterocycles. The summed E-state index contributed by atoms with van der Waals surface area (Å²) in [6.07, 6.45) is 3.22. The Morgan fingerprint density at radius 1 is 1.14 bits per heavy atom. The number of aromatic nitrogens is 1. The Bertz CT molecular complexity index is 1030. The monoisotopic (exact) mass is 375 g/mol. The molecule has 1 heterocycles. The number of hydrogen-bond acceptors (Lipinski definition) is 2. The van der Waals surface area contributed by atoms with E-state index in [9.17, 15) is 9.18 Å². The van der Waals surface area contributed by atoms with Gasteiger partial charge in [0.05, 0.1) is 0 Å². The highest BCUT2D eigenvalue weighted by Gasteiger charge is 2.33. The third-order valence-electron chi connectivity index (χ3n) is 5.38. The molecule has 0 spiro atoms. The SMILES string of the molecule is C=C(C)CC(C)(Cc1ccccc1)C(=O)Cc1cnc2c(F)cccc2c1C. The van der Waals surface area contributed by atoms with E-state index in [1.54, 1.807) is 12.3 Å². The number of ketones is 1. The summed E-state index contributed by atoms with van der Waals surface area (Å²) in [4.78, 5) is 17.7. The molecule has 3 rings (SSSR count). The van der Waals surface area contributed by atoms with E-state index in [0.29, 0.717) is 18.4 Å². The van der Waals surface area contributed by atoms with Gasteiger partial charge in [-0.25, -0.2) is 4.39 Å². The Hall–Kier alpha value is -2.81. The third kappa shape index (κ3) is 4.19. The fourth-order valence-corrected chi connectivity index (χ4v) is 3.90. The van der Waals surface area contributed by atoms with E-state index in [1.807, 2.05) is 45.0 Å². The van der Waals surface area contributed by atoms with Gasteiger partial charge in [0.25, 0.3) is 0 Å². The molecule has 0 aliphatic rings. The molecule has 0 N–H and O–H groups in total. The Kier molecular flexibility index (Phi) is 5.73. The molecule has 2 nitrogen and oxygen atoms in total. The number of benzene rings is 2. The molecule has 144 valence electrons. The summed E-state index contributed by atoms with van der Waals surface area (Å²) in [5.41, 5.74) is 3.69. The number of nitrogens with zero attached hydrogens (tertiary/aromatic N) is 1. The highest BCUT2D eigenvalue weighted by molar-refractivity contribution is 5.90. The maximum atomic E-state index is 14.0. The quantitative estimate of drug-likeness (QED) is 0.473. The average Bonchev–Trinajstić information content (AvgIpc) is 2.64. The van der Waals surface area contributed by atoms with Crippen LogP contribution in [0.25, 0.3) is 10.9 Å². The summed E-state index contributed by atoms with van der Waals surface area (Å²) in [5, 5.41) is 0.759. The number of para-hydroxylation sites is 1. The largest absolute Gasteiger partial charge is 0.299 e. The van der Waals surface area contributed by atoms with E-state index in [2.05, 4.69) is 23.7 Å². The van der Waals surface area contributed by atoms with Crippen LogP contribution < -0.4 is 0 Å². The van der Waals surface area contributed by atoms with E-state index in [0.717, 1.165) is 27.6 Å². The molecule has 0 radical (unpaired) electrons. The van der Waals surface area contributed by atoms with Crippen LogP contribution in [0.4, 0.5) is 4.39 Å². The van der Waals surface area contributed by atoms with Crippen molar-refractivity contribution >= 4 is 16.7 Å². The van der Waals surface area contributed by atoms with E-state index in [-0.39, 0.29) is 18.0 Å². The van der Waals surface area contributed by atoms with Crippen molar-refractivity contribution in [3.8, 4) is 0 Å². The zero-order chi connectivity index (χ0) is 20.3. The summed E-state index contributed by atoms with van der Waals surface area (Å²) in [7, 11) is 0. The van der Waals surface area contributed by atoms with Gasteiger partial charge in [0, 0.05) is 23.4 Å². The lowest BCUT2D eigenvalue weighted by Crippen LogP contribution is -2.32. The molecule has 0 amide bonds. The summed E-state index contributed by atoms with van der Waals surface area (Å²) >= 11 is 0. The minimum Gasteiger partial charge on any atom is -0.299 e. The second kappa shape index (κ2) is 8.05. The van der Waals surface area contributed by atoms with Crippen LogP contribution >= 0.6 is 0 Å². The lowest BCUT2D eigenvalue weighted by atomic mass is 9.73. The van der Waals surface area contributed by atoms with Crippen molar-refractivity contribution in [2.24, 2.45) is 5.41 Å². The normalized spacial score (nSPS) is 13.3. The van der Waals surface area contributed by atoms with E-state index < -0.39 is 5.41 Å². The first-order chi connectivity index (χ1) is 13.3. The molecule has 3 heteroatoms. The number of rotatable bonds is 7. The zero-order valence-electron chi connectivity index (χ0n) is 16.8. The van der Waals surface area contributed by atoms with Crippen LogP contribution in [0.15, 0.2) is 66.9 Å². The van der Waals surface area contributed by atoms with Crippen molar-refractivity contribution in [2.75, 3.05) is 0 Å². The molecule has 3 aromatic rings. The second-order valence-corrected chi connectivity index (χ2v) is 8.00. The summed E-state index contributed by atoms with van der Waals surface area (Å²) in [6, 6.07) is 15.0. The third-order valence-corrected chi connectivity index (χ3v) is 5.38. The predicted octanol–water partition coefficient (Wildman–Crippen LogP) is 6.01. The topological polar surface area (TPSA) is 30.0 Å². The molecule has 0 fully saturated rings. The predicted molar refractivity (Wildman–Crippen MR) is 113 cm³/mol. The van der Waals surface area contributed by atoms with Crippen molar-refractivity contribution in [3.63, 3.8) is 0 Å². The van der Waals surface area contributed by atoms with Crippen LogP contribution in [0.1, 0.15) is 37.0 Å². The number of carbonyl (C=O) groups is 1. The van der Waals surface area contributed by atoms with Gasteiger partial charge in [-0.1, -0.05) is 55.0 Å². The van der Waals surface area contributed by atoms with Gasteiger partial charge in [0.1, 0.15) is 17.1 Å². The van der Waals surface area contributed by atoms with Gasteiger partial charge in [-0.15, -0.1) is 6.58 Å². The fraction of sp³-hybridized carbons (Fsp3) is 0.280. The molecule has 28 heavy (non-hydrogen) atoms. The fourth-order valence-electron chi connectivity index (χ4n) is 3.90. The summed E-state index contributed by atoms with van der Waals surface area (Å²) in [5.74, 6) is -0.185. The smallest absolute Gasteiger partial charge is 0.149 e. The van der Waals surface area contributed by atoms with Crippen molar-refractivity contribution in [3.05, 3.63) is 89.4 Å². The van der Waals surface area contributed by atoms with Gasteiger partial charge < -0.3 is 0 Å². The molecule has 1 atom stereocenters. The number of carbonyl (C=O) groups excluding carboxylic acids is 1. The number of pyridine rings is 1. The number of allylic oxidation sites excluding steroid dienone is 1. The van der Waals surface area contributed by atoms with Gasteiger partial charge >= 0.3 is 0 Å². The first kappa shape index (κ1) is 19.9. The molecule has 0 saturated heterocycles. The molecule has 0 bridgehead atoms. The van der Waals surface area contributed by atoms with Crippen LogP contribution in [0, 0.1) is 18.2 Å². The molecular weight excluding hydrogens is 349 g/mol. The maximum Gasteiger partial charge on any atom is 0.149 e. The first-order valence-corrected chi connectivity index (χ1v) is 9.54. The van der Waals surface area contributed by atoms with Crippen LogP contribution in [0.2, 0.25) is 0 Å². The molecule has 0 saturated carbocycles. The number of hydrogen-bond donors (Lipinski definition) is 0. The van der Waals surface area contributed by atoms with Crippen LogP contribution in [0.3, 0.4) is 0 Å². The van der Waals surface area contributed by atoms with Gasteiger partial charge in [-0.3, -0.25) is 9.78 Å². The number of fused-ring (bicyclic) bond motifs is 1. The molecule has 2 aromatic carbocycles. The highest BCUT2D eigenvalue weighted by Crippen LogP contribution is 2.33. The van der Waals surface area contributed by atoms with Gasteiger partial charge in [0.2, 0.25) is 0 Å². The Balaban J connectivity index is 1.92. The van der Waals surface area contributed by atoms with Crippen molar-refractivity contribution < 1.29 is 9.18 Å². The van der Waals surface area contributed by atoms with Crippen molar-refractivity contribution in [1.29, 1.82) is 0 Å². The average molecular weight is 375 g/mol. The Morgan fingerprint density at radius 3 is 2.54 bits per heavy atom. The molecule has 1 aromatic heterocycles. The first-order valence-electron chi connectivity index (χ1n) is 9.54. The molecular formula is C25H26FNO. The lowest BCUT2D eigenvalue weighted by molar-refractivity contribution is -0.127. The highest BCUT2D eigenvalue weighted by atomic mass is 19.1. The summed E-state index contributed by atoms with van der Waals surface area (Å²) < 4.78 is 14.0. The maximum absolute atomic E-state index is 14.0.